The van der Waals surface area contributed by atoms with Crippen LogP contribution in [0.3, 0.4) is 0 Å². The maximum Gasteiger partial charge on any atom is 0.410 e. The van der Waals surface area contributed by atoms with Crippen LogP contribution in [0.4, 0.5) is 18.0 Å². The number of nitrogens with zero attached hydrogens (tertiary/aromatic N) is 3. The second-order valence-electron chi connectivity index (χ2n) is 7.09. The van der Waals surface area contributed by atoms with Crippen molar-refractivity contribution < 1.29 is 22.7 Å². The Morgan fingerprint density at radius 3 is 2.54 bits per heavy atom. The van der Waals surface area contributed by atoms with Crippen LogP contribution in [0.2, 0.25) is 0 Å². The van der Waals surface area contributed by atoms with E-state index in [0.29, 0.717) is 6.42 Å². The minimum atomic E-state index is -4.50. The van der Waals surface area contributed by atoms with E-state index in [1.54, 1.807) is 37.8 Å². The number of carbonyl (C=O) groups excluding carboxylic acids is 1. The molecular weight excluding hydrogens is 323 g/mol. The van der Waals surface area contributed by atoms with Gasteiger partial charge in [-0.2, -0.15) is 18.3 Å². The molecule has 2 unspecified atom stereocenters. The molecule has 0 aliphatic carbocycles. The van der Waals surface area contributed by atoms with Crippen LogP contribution in [0.5, 0.6) is 0 Å². The first-order valence-electron chi connectivity index (χ1n) is 8.10. The standard InChI is InChI=1S/C16H24F3N3O2/c1-5-11-9-20-22(10-11)12-6-7-21(13(8-12)16(17,18)19)14(23)24-15(2,3)4/h9-10,12-13H,5-8H2,1-4H3. The molecule has 5 nitrogen and oxygen atoms in total. The number of halogens is 3. The molecule has 1 aliphatic rings. The van der Waals surface area contributed by atoms with Gasteiger partial charge in [0.15, 0.2) is 0 Å². The Bertz CT molecular complexity index is 578. The third-order valence-electron chi connectivity index (χ3n) is 4.02. The summed E-state index contributed by atoms with van der Waals surface area (Å²) in [6.07, 6.45) is -0.998. The van der Waals surface area contributed by atoms with Crippen molar-refractivity contribution in [3.63, 3.8) is 0 Å². The summed E-state index contributed by atoms with van der Waals surface area (Å²) in [7, 11) is 0. The normalized spacial score (nSPS) is 22.5. The third-order valence-corrected chi connectivity index (χ3v) is 4.02. The lowest BCUT2D eigenvalue weighted by molar-refractivity contribution is -0.191. The lowest BCUT2D eigenvalue weighted by Gasteiger charge is -2.40. The van der Waals surface area contributed by atoms with Gasteiger partial charge in [0.25, 0.3) is 0 Å². The number of alkyl halides is 3. The summed E-state index contributed by atoms with van der Waals surface area (Å²) >= 11 is 0. The van der Waals surface area contributed by atoms with Crippen molar-refractivity contribution in [3.8, 4) is 0 Å². The Morgan fingerprint density at radius 2 is 2.04 bits per heavy atom. The lowest BCUT2D eigenvalue weighted by atomic mass is 9.97. The maximum atomic E-state index is 13.5. The highest BCUT2D eigenvalue weighted by atomic mass is 19.4. The number of carbonyl (C=O) groups is 1. The summed E-state index contributed by atoms with van der Waals surface area (Å²) in [5, 5.41) is 4.17. The van der Waals surface area contributed by atoms with Crippen LogP contribution in [0.15, 0.2) is 12.4 Å². The minimum Gasteiger partial charge on any atom is -0.444 e. The van der Waals surface area contributed by atoms with Gasteiger partial charge in [-0.05, 0) is 45.6 Å². The van der Waals surface area contributed by atoms with Crippen molar-refractivity contribution in [1.29, 1.82) is 0 Å². The molecule has 0 saturated carbocycles. The number of aromatic nitrogens is 2. The highest BCUT2D eigenvalue weighted by molar-refractivity contribution is 5.68. The number of hydrogen-bond acceptors (Lipinski definition) is 3. The van der Waals surface area contributed by atoms with Gasteiger partial charge in [0.2, 0.25) is 0 Å². The maximum absolute atomic E-state index is 13.5. The Balaban J connectivity index is 2.17. The first-order valence-corrected chi connectivity index (χ1v) is 8.10. The number of piperidine rings is 1. The molecule has 1 aliphatic heterocycles. The summed E-state index contributed by atoms with van der Waals surface area (Å²) in [5.41, 5.74) is 0.148. The molecule has 24 heavy (non-hydrogen) atoms. The molecule has 1 saturated heterocycles. The van der Waals surface area contributed by atoms with Gasteiger partial charge >= 0.3 is 12.3 Å². The number of hydrogen-bond donors (Lipinski definition) is 0. The van der Waals surface area contributed by atoms with Crippen LogP contribution in [0, 0.1) is 0 Å². The quantitative estimate of drug-likeness (QED) is 0.814. The zero-order valence-electron chi connectivity index (χ0n) is 14.4. The van der Waals surface area contributed by atoms with Crippen molar-refractivity contribution in [2.24, 2.45) is 0 Å². The molecule has 0 N–H and O–H groups in total. The van der Waals surface area contributed by atoms with Gasteiger partial charge in [0.05, 0.1) is 12.2 Å². The molecule has 0 aromatic carbocycles. The molecule has 0 spiro atoms. The van der Waals surface area contributed by atoms with E-state index < -0.39 is 23.9 Å². The van der Waals surface area contributed by atoms with E-state index in [9.17, 15) is 18.0 Å². The van der Waals surface area contributed by atoms with E-state index in [1.807, 2.05) is 6.92 Å². The van der Waals surface area contributed by atoms with E-state index in [-0.39, 0.29) is 19.0 Å². The van der Waals surface area contributed by atoms with E-state index in [0.717, 1.165) is 16.9 Å². The molecule has 8 heteroatoms. The molecule has 1 aromatic heterocycles. The molecule has 2 atom stereocenters. The number of aryl methyl sites for hydroxylation is 1. The fourth-order valence-corrected chi connectivity index (χ4v) is 2.80. The fraction of sp³-hybridized carbons (Fsp3) is 0.750. The second-order valence-corrected chi connectivity index (χ2v) is 7.09. The highest BCUT2D eigenvalue weighted by Crippen LogP contribution is 2.37. The Labute approximate surface area is 139 Å². The van der Waals surface area contributed by atoms with Gasteiger partial charge in [-0.3, -0.25) is 9.58 Å². The zero-order valence-corrected chi connectivity index (χ0v) is 14.4. The van der Waals surface area contributed by atoms with Crippen LogP contribution in [0.25, 0.3) is 0 Å². The Hall–Kier alpha value is -1.73. The molecule has 1 fully saturated rings. The van der Waals surface area contributed by atoms with Crippen molar-refractivity contribution in [1.82, 2.24) is 14.7 Å². The summed E-state index contributed by atoms with van der Waals surface area (Å²) in [4.78, 5) is 12.9. The first kappa shape index (κ1) is 18.6. The topological polar surface area (TPSA) is 47.4 Å². The van der Waals surface area contributed by atoms with Gasteiger partial charge < -0.3 is 4.74 Å². The summed E-state index contributed by atoms with van der Waals surface area (Å²) in [5.74, 6) is 0. The van der Waals surface area contributed by atoms with E-state index >= 15 is 0 Å². The largest absolute Gasteiger partial charge is 0.444 e. The van der Waals surface area contributed by atoms with Crippen LogP contribution in [-0.2, 0) is 11.2 Å². The summed E-state index contributed by atoms with van der Waals surface area (Å²) in [6.45, 7) is 6.86. The van der Waals surface area contributed by atoms with E-state index in [2.05, 4.69) is 5.10 Å². The fourth-order valence-electron chi connectivity index (χ4n) is 2.80. The van der Waals surface area contributed by atoms with E-state index in [4.69, 9.17) is 4.74 Å². The molecule has 0 bridgehead atoms. The Kier molecular flexibility index (Phi) is 5.15. The van der Waals surface area contributed by atoms with Crippen LogP contribution in [0.1, 0.15) is 52.1 Å². The third kappa shape index (κ3) is 4.42. The monoisotopic (exact) mass is 347 g/mol. The van der Waals surface area contributed by atoms with Crippen LogP contribution >= 0.6 is 0 Å². The molecule has 0 radical (unpaired) electrons. The smallest absolute Gasteiger partial charge is 0.410 e. The van der Waals surface area contributed by atoms with Crippen molar-refractivity contribution in [2.45, 2.75) is 70.8 Å². The average Bonchev–Trinajstić information content (AvgIpc) is 2.92. The highest BCUT2D eigenvalue weighted by Gasteiger charge is 2.50. The second kappa shape index (κ2) is 6.64. The number of ether oxygens (including phenoxy) is 1. The molecular formula is C16H24F3N3O2. The predicted molar refractivity (Wildman–Crippen MR) is 82.7 cm³/mol. The zero-order chi connectivity index (χ0) is 18.1. The van der Waals surface area contributed by atoms with Gasteiger partial charge in [0.1, 0.15) is 11.6 Å². The molecule has 1 aromatic rings. The van der Waals surface area contributed by atoms with Gasteiger partial charge in [-0.1, -0.05) is 6.92 Å². The summed E-state index contributed by atoms with van der Waals surface area (Å²) < 4.78 is 47.1. The van der Waals surface area contributed by atoms with Crippen LogP contribution < -0.4 is 0 Å². The predicted octanol–water partition coefficient (Wildman–Crippen LogP) is 3.95. The number of rotatable bonds is 2. The van der Waals surface area contributed by atoms with E-state index in [1.165, 1.54) is 0 Å². The lowest BCUT2D eigenvalue weighted by Crippen LogP contribution is -2.54. The molecule has 1 amide bonds. The number of amides is 1. The van der Waals surface area contributed by atoms with Crippen molar-refractivity contribution >= 4 is 6.09 Å². The molecule has 2 rings (SSSR count). The van der Waals surface area contributed by atoms with Gasteiger partial charge in [0, 0.05) is 12.7 Å². The Morgan fingerprint density at radius 1 is 1.38 bits per heavy atom. The van der Waals surface area contributed by atoms with Gasteiger partial charge in [-0.25, -0.2) is 4.79 Å². The average molecular weight is 347 g/mol. The first-order chi connectivity index (χ1) is 11.0. The van der Waals surface area contributed by atoms with Crippen molar-refractivity contribution in [2.75, 3.05) is 6.54 Å². The SMILES string of the molecule is CCc1cnn(C2CCN(C(=O)OC(C)(C)C)C(C(F)(F)F)C2)c1. The number of likely N-dealkylation sites (tertiary alicyclic amines) is 1. The van der Waals surface area contributed by atoms with Crippen molar-refractivity contribution in [3.05, 3.63) is 18.0 Å². The summed E-state index contributed by atoms with van der Waals surface area (Å²) in [6, 6.07) is -2.24. The van der Waals surface area contributed by atoms with Crippen LogP contribution in [-0.4, -0.2) is 45.1 Å². The van der Waals surface area contributed by atoms with Gasteiger partial charge in [-0.15, -0.1) is 0 Å². The minimum absolute atomic E-state index is 0.00885. The molecule has 136 valence electrons. The molecule has 2 heterocycles.